The monoisotopic (exact) mass is 353 g/mol. The number of ether oxygens (including phenoxy) is 1. The Kier molecular flexibility index (Phi) is 4.56. The molecule has 0 saturated carbocycles. The average Bonchev–Trinajstić information content (AvgIpc) is 3.45. The van der Waals surface area contributed by atoms with E-state index in [1.165, 1.54) is 0 Å². The van der Waals surface area contributed by atoms with E-state index in [-0.39, 0.29) is 0 Å². The third kappa shape index (κ3) is 3.40. The normalized spacial score (nSPS) is 11.3. The first kappa shape index (κ1) is 16.2. The fraction of sp³-hybridized carbons (Fsp3) is 0.312. The van der Waals surface area contributed by atoms with Crippen molar-refractivity contribution < 1.29 is 4.74 Å². The van der Waals surface area contributed by atoms with Gasteiger partial charge in [-0.05, 0) is 18.1 Å². The number of methoxy groups -OCH3 is 1. The van der Waals surface area contributed by atoms with E-state index in [9.17, 15) is 0 Å². The quantitative estimate of drug-likeness (QED) is 0.488. The van der Waals surface area contributed by atoms with E-state index in [2.05, 4.69) is 35.6 Å². The molecule has 0 fully saturated rings. The molecule has 0 aliphatic rings. The fourth-order valence-corrected chi connectivity index (χ4v) is 2.63. The third-order valence-corrected chi connectivity index (χ3v) is 3.98. The predicted molar refractivity (Wildman–Crippen MR) is 92.6 cm³/mol. The average molecular weight is 353 g/mol. The fourth-order valence-electron chi connectivity index (χ4n) is 2.63. The van der Waals surface area contributed by atoms with Gasteiger partial charge in [-0.25, -0.2) is 4.98 Å². The molecule has 134 valence electrons. The zero-order valence-corrected chi connectivity index (χ0v) is 14.3. The van der Waals surface area contributed by atoms with E-state index in [1.54, 1.807) is 18.0 Å². The minimum atomic E-state index is 0.594. The number of H-pyrrole nitrogens is 2. The van der Waals surface area contributed by atoms with Crippen LogP contribution in [0.2, 0.25) is 0 Å². The number of nitrogens with zero attached hydrogens (tertiary/aromatic N) is 7. The van der Waals surface area contributed by atoms with Gasteiger partial charge in [0, 0.05) is 38.2 Å². The van der Waals surface area contributed by atoms with Crippen LogP contribution in [0.1, 0.15) is 11.4 Å². The molecule has 0 aliphatic heterocycles. The van der Waals surface area contributed by atoms with Gasteiger partial charge in [-0.3, -0.25) is 14.9 Å². The van der Waals surface area contributed by atoms with Crippen LogP contribution >= 0.6 is 0 Å². The van der Waals surface area contributed by atoms with Gasteiger partial charge in [-0.15, -0.1) is 5.10 Å². The van der Waals surface area contributed by atoms with Gasteiger partial charge in [0.05, 0.1) is 19.3 Å². The zero-order valence-electron chi connectivity index (χ0n) is 14.3. The number of aromatic nitrogens is 9. The minimum absolute atomic E-state index is 0.594. The molecule has 0 saturated heterocycles. The van der Waals surface area contributed by atoms with Crippen molar-refractivity contribution in [3.05, 3.63) is 48.3 Å². The smallest absolute Gasteiger partial charge is 0.199 e. The predicted octanol–water partition coefficient (Wildman–Crippen LogP) is 1.01. The molecule has 0 aromatic carbocycles. The van der Waals surface area contributed by atoms with Crippen molar-refractivity contribution in [2.45, 2.75) is 19.4 Å². The number of hydrogen-bond donors (Lipinski definition) is 2. The maximum atomic E-state index is 5.10. The summed E-state index contributed by atoms with van der Waals surface area (Å²) in [6.07, 6.45) is 8.81. The molecular weight excluding hydrogens is 334 g/mol. The van der Waals surface area contributed by atoms with Crippen molar-refractivity contribution in [1.82, 2.24) is 44.9 Å². The van der Waals surface area contributed by atoms with Crippen LogP contribution in [0.25, 0.3) is 17.3 Å². The van der Waals surface area contributed by atoms with Crippen LogP contribution in [0.15, 0.2) is 36.9 Å². The Labute approximate surface area is 149 Å². The summed E-state index contributed by atoms with van der Waals surface area (Å²) in [5.41, 5.74) is 1.89. The van der Waals surface area contributed by atoms with Crippen LogP contribution in [0.5, 0.6) is 0 Å². The molecule has 0 amide bonds. The molecule has 2 N–H and O–H groups in total. The van der Waals surface area contributed by atoms with Gasteiger partial charge in [0.1, 0.15) is 11.5 Å². The highest BCUT2D eigenvalue weighted by Gasteiger charge is 2.16. The van der Waals surface area contributed by atoms with Crippen LogP contribution in [-0.4, -0.2) is 58.7 Å². The molecule has 0 spiro atoms. The molecule has 4 aromatic rings. The van der Waals surface area contributed by atoms with Gasteiger partial charge >= 0.3 is 0 Å². The van der Waals surface area contributed by atoms with Crippen molar-refractivity contribution in [2.24, 2.45) is 0 Å². The molecule has 10 heteroatoms. The highest BCUT2D eigenvalue weighted by Crippen LogP contribution is 2.16. The topological polar surface area (TPSA) is 115 Å². The lowest BCUT2D eigenvalue weighted by molar-refractivity contribution is 0.183. The summed E-state index contributed by atoms with van der Waals surface area (Å²) in [7, 11) is 1.67. The first-order chi connectivity index (χ1) is 12.8. The minimum Gasteiger partial charge on any atom is -0.383 e. The van der Waals surface area contributed by atoms with Gasteiger partial charge in [0.25, 0.3) is 0 Å². The number of rotatable bonds is 8. The van der Waals surface area contributed by atoms with Gasteiger partial charge < -0.3 is 4.74 Å². The van der Waals surface area contributed by atoms with Crippen molar-refractivity contribution in [3.63, 3.8) is 0 Å². The van der Waals surface area contributed by atoms with Crippen LogP contribution in [0.3, 0.4) is 0 Å². The van der Waals surface area contributed by atoms with Gasteiger partial charge in [-0.1, -0.05) is 0 Å². The second kappa shape index (κ2) is 7.31. The molecular formula is C16H19N9O. The Bertz CT molecular complexity index is 937. The highest BCUT2D eigenvalue weighted by atomic mass is 16.5. The molecule has 0 atom stereocenters. The van der Waals surface area contributed by atoms with Crippen LogP contribution in [0.4, 0.5) is 0 Å². The number of aromatic amines is 2. The van der Waals surface area contributed by atoms with E-state index < -0.39 is 0 Å². The first-order valence-corrected chi connectivity index (χ1v) is 8.29. The maximum absolute atomic E-state index is 5.10. The second-order valence-corrected chi connectivity index (χ2v) is 5.77. The van der Waals surface area contributed by atoms with Crippen molar-refractivity contribution in [2.75, 3.05) is 13.7 Å². The van der Waals surface area contributed by atoms with Crippen molar-refractivity contribution in [3.8, 4) is 17.3 Å². The Morgan fingerprint density at radius 1 is 1.15 bits per heavy atom. The second-order valence-electron chi connectivity index (χ2n) is 5.77. The summed E-state index contributed by atoms with van der Waals surface area (Å²) in [6.45, 7) is 1.29. The van der Waals surface area contributed by atoms with Gasteiger partial charge in [0.2, 0.25) is 0 Å². The van der Waals surface area contributed by atoms with Gasteiger partial charge in [0.15, 0.2) is 11.6 Å². The maximum Gasteiger partial charge on any atom is 0.199 e. The summed E-state index contributed by atoms with van der Waals surface area (Å²) in [6, 6.07) is 3.76. The summed E-state index contributed by atoms with van der Waals surface area (Å²) in [4.78, 5) is 4.68. The Morgan fingerprint density at radius 3 is 2.88 bits per heavy atom. The third-order valence-electron chi connectivity index (χ3n) is 3.98. The van der Waals surface area contributed by atoms with E-state index in [4.69, 9.17) is 4.74 Å². The highest BCUT2D eigenvalue weighted by molar-refractivity contribution is 5.48. The zero-order chi connectivity index (χ0) is 17.8. The lowest BCUT2D eigenvalue weighted by Crippen LogP contribution is -2.08. The lowest BCUT2D eigenvalue weighted by Gasteiger charge is -2.02. The molecule has 0 radical (unpaired) electrons. The molecule has 4 aromatic heterocycles. The largest absolute Gasteiger partial charge is 0.383 e. The molecule has 26 heavy (non-hydrogen) atoms. The van der Waals surface area contributed by atoms with E-state index in [1.807, 2.05) is 35.4 Å². The van der Waals surface area contributed by atoms with Crippen LogP contribution in [0, 0.1) is 0 Å². The number of aryl methyl sites for hydroxylation is 2. The molecule has 0 unspecified atom stereocenters. The van der Waals surface area contributed by atoms with Crippen molar-refractivity contribution >= 4 is 0 Å². The first-order valence-electron chi connectivity index (χ1n) is 8.29. The summed E-state index contributed by atoms with van der Waals surface area (Å²) in [5.74, 6) is 2.14. The lowest BCUT2D eigenvalue weighted by atomic mass is 10.2. The summed E-state index contributed by atoms with van der Waals surface area (Å²) in [5, 5.41) is 22.9. The van der Waals surface area contributed by atoms with Crippen molar-refractivity contribution in [1.29, 1.82) is 0 Å². The van der Waals surface area contributed by atoms with Crippen LogP contribution in [-0.2, 0) is 24.1 Å². The SMILES string of the molecule is COCCn1ccc(-n2nc(-c3ccn[nH]3)nc2CCc2cn[nH]c2)n1. The van der Waals surface area contributed by atoms with E-state index >= 15 is 0 Å². The Hall–Kier alpha value is -3.27. The summed E-state index contributed by atoms with van der Waals surface area (Å²) >= 11 is 0. The molecule has 10 nitrogen and oxygen atoms in total. The van der Waals surface area contributed by atoms with Gasteiger partial charge in [-0.2, -0.15) is 20.0 Å². The number of nitrogens with one attached hydrogen (secondary N) is 2. The molecule has 0 aliphatic carbocycles. The number of hydrogen-bond acceptors (Lipinski definition) is 6. The standard InChI is InChI=1S/C16H19N9O/c1-26-9-8-24-7-5-15(22-24)25-14(3-2-12-10-18-19-11-12)20-16(23-25)13-4-6-17-21-13/h4-7,10-11H,2-3,8-9H2,1H3,(H,17,21)(H,18,19). The Morgan fingerprint density at radius 2 is 2.12 bits per heavy atom. The molecule has 4 heterocycles. The Balaban J connectivity index is 1.63. The molecule has 0 bridgehead atoms. The van der Waals surface area contributed by atoms with E-state index in [0.717, 1.165) is 29.3 Å². The van der Waals surface area contributed by atoms with Crippen LogP contribution < -0.4 is 0 Å². The molecule has 4 rings (SSSR count). The summed E-state index contributed by atoms with van der Waals surface area (Å²) < 4.78 is 8.71. The van der Waals surface area contributed by atoms with E-state index in [0.29, 0.717) is 25.4 Å².